The zero-order valence-corrected chi connectivity index (χ0v) is 13.2. The van der Waals surface area contributed by atoms with E-state index in [1.54, 1.807) is 4.68 Å². The minimum atomic E-state index is 0.321. The third-order valence-electron chi connectivity index (χ3n) is 3.53. The number of hydrogen-bond donors (Lipinski definition) is 1. The molecule has 0 saturated carbocycles. The Morgan fingerprint density at radius 1 is 1.00 bits per heavy atom. The third kappa shape index (κ3) is 2.40. The zero-order valence-electron chi connectivity index (χ0n) is 12.4. The molecule has 7 heteroatoms. The fourth-order valence-corrected chi connectivity index (χ4v) is 3.24. The number of aromatic nitrogens is 4. The second-order valence-corrected chi connectivity index (χ2v) is 6.05. The summed E-state index contributed by atoms with van der Waals surface area (Å²) in [4.78, 5) is 10.8. The van der Waals surface area contributed by atoms with E-state index >= 15 is 0 Å². The first-order valence-corrected chi connectivity index (χ1v) is 7.91. The number of hydrogen-bond acceptors (Lipinski definition) is 6. The maximum atomic E-state index is 6.04. The van der Waals surface area contributed by atoms with E-state index in [1.807, 2.05) is 66.5 Å². The Morgan fingerprint density at radius 3 is 2.52 bits per heavy atom. The molecule has 0 bridgehead atoms. The summed E-state index contributed by atoms with van der Waals surface area (Å²) < 4.78 is 2.68. The molecule has 4 aromatic rings. The molecule has 0 unspecified atom stereocenters. The van der Waals surface area contributed by atoms with E-state index in [0.717, 1.165) is 15.9 Å². The SMILES string of the molecule is CN(c1ccccc1)c1nc(N)n(-c2nc3ccccc3s2)n1. The summed E-state index contributed by atoms with van der Waals surface area (Å²) in [6.07, 6.45) is 0. The third-order valence-corrected chi connectivity index (χ3v) is 4.54. The molecule has 4 rings (SSSR count). The molecule has 114 valence electrons. The first-order chi connectivity index (χ1) is 11.2. The van der Waals surface area contributed by atoms with E-state index in [4.69, 9.17) is 5.73 Å². The summed E-state index contributed by atoms with van der Waals surface area (Å²) in [5.41, 5.74) is 7.97. The van der Waals surface area contributed by atoms with Gasteiger partial charge in [0.2, 0.25) is 11.1 Å². The van der Waals surface area contributed by atoms with Crippen LogP contribution in [-0.2, 0) is 0 Å². The molecule has 0 fully saturated rings. The van der Waals surface area contributed by atoms with Crippen molar-refractivity contribution in [2.24, 2.45) is 0 Å². The van der Waals surface area contributed by atoms with Gasteiger partial charge in [-0.1, -0.05) is 41.7 Å². The Balaban J connectivity index is 1.75. The Labute approximate surface area is 136 Å². The molecule has 0 saturated heterocycles. The fourth-order valence-electron chi connectivity index (χ4n) is 2.31. The highest BCUT2D eigenvalue weighted by Gasteiger charge is 2.16. The molecule has 0 aliphatic carbocycles. The normalized spacial score (nSPS) is 11.0. The molecule has 2 heterocycles. The van der Waals surface area contributed by atoms with Crippen LogP contribution in [0.2, 0.25) is 0 Å². The van der Waals surface area contributed by atoms with Gasteiger partial charge in [0.05, 0.1) is 10.2 Å². The number of benzene rings is 2. The number of fused-ring (bicyclic) bond motifs is 1. The van der Waals surface area contributed by atoms with Crippen molar-refractivity contribution >= 4 is 39.1 Å². The monoisotopic (exact) mass is 322 g/mol. The average molecular weight is 322 g/mol. The van der Waals surface area contributed by atoms with Crippen LogP contribution in [0.25, 0.3) is 15.3 Å². The lowest BCUT2D eigenvalue weighted by Gasteiger charge is -2.13. The van der Waals surface area contributed by atoms with Crippen LogP contribution in [-0.4, -0.2) is 26.8 Å². The van der Waals surface area contributed by atoms with E-state index < -0.39 is 0 Å². The first kappa shape index (κ1) is 13.7. The second-order valence-electron chi connectivity index (χ2n) is 5.04. The molecule has 2 aromatic carbocycles. The Bertz CT molecular complexity index is 926. The Morgan fingerprint density at radius 2 is 1.74 bits per heavy atom. The van der Waals surface area contributed by atoms with Crippen LogP contribution < -0.4 is 10.6 Å². The summed E-state index contributed by atoms with van der Waals surface area (Å²) in [5, 5.41) is 5.22. The summed E-state index contributed by atoms with van der Waals surface area (Å²) >= 11 is 1.54. The van der Waals surface area contributed by atoms with Crippen molar-refractivity contribution in [2.45, 2.75) is 0 Å². The van der Waals surface area contributed by atoms with Crippen molar-refractivity contribution in [3.05, 3.63) is 54.6 Å². The van der Waals surface area contributed by atoms with Crippen molar-refractivity contribution in [1.29, 1.82) is 0 Å². The lowest BCUT2D eigenvalue weighted by molar-refractivity contribution is 0.874. The molecule has 2 aromatic heterocycles. The quantitative estimate of drug-likeness (QED) is 0.627. The highest BCUT2D eigenvalue weighted by Crippen LogP contribution is 2.27. The summed E-state index contributed by atoms with van der Waals surface area (Å²) in [6, 6.07) is 17.9. The lowest BCUT2D eigenvalue weighted by Crippen LogP contribution is -2.11. The van der Waals surface area contributed by atoms with E-state index in [9.17, 15) is 0 Å². The number of nitrogens with zero attached hydrogens (tertiary/aromatic N) is 5. The van der Waals surface area contributed by atoms with Crippen LogP contribution in [0.5, 0.6) is 0 Å². The van der Waals surface area contributed by atoms with Crippen molar-refractivity contribution in [2.75, 3.05) is 17.7 Å². The Hall–Kier alpha value is -2.93. The number of nitrogens with two attached hydrogens (primary N) is 1. The number of nitrogen functional groups attached to an aromatic ring is 1. The van der Waals surface area contributed by atoms with Gasteiger partial charge in [0.1, 0.15) is 0 Å². The van der Waals surface area contributed by atoms with E-state index in [-0.39, 0.29) is 0 Å². The highest BCUT2D eigenvalue weighted by atomic mass is 32.1. The van der Waals surface area contributed by atoms with Gasteiger partial charge in [-0.25, -0.2) is 4.98 Å². The van der Waals surface area contributed by atoms with E-state index in [0.29, 0.717) is 17.0 Å². The van der Waals surface area contributed by atoms with Crippen molar-refractivity contribution in [3.8, 4) is 5.13 Å². The minimum absolute atomic E-state index is 0.321. The van der Waals surface area contributed by atoms with Gasteiger partial charge in [0.15, 0.2) is 0 Å². The molecule has 2 N–H and O–H groups in total. The summed E-state index contributed by atoms with van der Waals surface area (Å²) in [7, 11) is 1.91. The topological polar surface area (TPSA) is 72.9 Å². The van der Waals surface area contributed by atoms with E-state index in [1.165, 1.54) is 11.3 Å². The van der Waals surface area contributed by atoms with Gasteiger partial charge >= 0.3 is 0 Å². The number of para-hydroxylation sites is 2. The van der Waals surface area contributed by atoms with Crippen LogP contribution in [0, 0.1) is 0 Å². The maximum Gasteiger partial charge on any atom is 0.251 e. The number of anilines is 3. The predicted octanol–water partition coefficient (Wildman–Crippen LogP) is 3.23. The van der Waals surface area contributed by atoms with Crippen LogP contribution in [0.4, 0.5) is 17.6 Å². The second kappa shape index (κ2) is 5.36. The number of thiazole rings is 1. The van der Waals surface area contributed by atoms with Gasteiger partial charge in [-0.3, -0.25) is 0 Å². The largest absolute Gasteiger partial charge is 0.368 e. The van der Waals surface area contributed by atoms with Gasteiger partial charge < -0.3 is 10.6 Å². The summed E-state index contributed by atoms with van der Waals surface area (Å²) in [6.45, 7) is 0. The molecule has 6 nitrogen and oxygen atoms in total. The average Bonchev–Trinajstić information content (AvgIpc) is 3.18. The molecular weight excluding hydrogens is 308 g/mol. The smallest absolute Gasteiger partial charge is 0.251 e. The van der Waals surface area contributed by atoms with Gasteiger partial charge in [-0.15, -0.1) is 5.10 Å². The maximum absolute atomic E-state index is 6.04. The predicted molar refractivity (Wildman–Crippen MR) is 93.5 cm³/mol. The van der Waals surface area contributed by atoms with Gasteiger partial charge in [0.25, 0.3) is 5.95 Å². The lowest BCUT2D eigenvalue weighted by atomic mass is 10.3. The number of rotatable bonds is 3. The standard InChI is InChI=1S/C16H14N6S/c1-21(11-7-3-2-4-8-11)15-19-14(17)22(20-15)16-18-12-9-5-6-10-13(12)23-16/h2-10H,1H3,(H2,17,19,20). The van der Waals surface area contributed by atoms with E-state index in [2.05, 4.69) is 15.1 Å². The summed E-state index contributed by atoms with van der Waals surface area (Å²) in [5.74, 6) is 0.856. The Kier molecular flexibility index (Phi) is 3.20. The van der Waals surface area contributed by atoms with Gasteiger partial charge in [0, 0.05) is 12.7 Å². The molecule has 0 radical (unpaired) electrons. The minimum Gasteiger partial charge on any atom is -0.368 e. The molecule has 23 heavy (non-hydrogen) atoms. The van der Waals surface area contributed by atoms with Crippen LogP contribution in [0.15, 0.2) is 54.6 Å². The van der Waals surface area contributed by atoms with Crippen LogP contribution >= 0.6 is 11.3 Å². The van der Waals surface area contributed by atoms with Crippen LogP contribution in [0.1, 0.15) is 0 Å². The fraction of sp³-hybridized carbons (Fsp3) is 0.0625. The van der Waals surface area contributed by atoms with Crippen molar-refractivity contribution < 1.29 is 0 Å². The van der Waals surface area contributed by atoms with Gasteiger partial charge in [-0.2, -0.15) is 9.67 Å². The molecule has 0 amide bonds. The van der Waals surface area contributed by atoms with Crippen molar-refractivity contribution in [1.82, 2.24) is 19.7 Å². The molecular formula is C16H14N6S. The first-order valence-electron chi connectivity index (χ1n) is 7.09. The molecule has 0 aliphatic rings. The molecule has 0 aliphatic heterocycles. The highest BCUT2D eigenvalue weighted by molar-refractivity contribution is 7.20. The van der Waals surface area contributed by atoms with Crippen LogP contribution in [0.3, 0.4) is 0 Å². The van der Waals surface area contributed by atoms with Gasteiger partial charge in [-0.05, 0) is 24.3 Å². The molecule has 0 spiro atoms. The van der Waals surface area contributed by atoms with Crippen molar-refractivity contribution in [3.63, 3.8) is 0 Å². The molecule has 0 atom stereocenters. The zero-order chi connectivity index (χ0) is 15.8.